The van der Waals surface area contributed by atoms with Gasteiger partial charge in [-0.1, -0.05) is 12.1 Å². The summed E-state index contributed by atoms with van der Waals surface area (Å²) < 4.78 is 5.06. The molecule has 3 fully saturated rings. The van der Waals surface area contributed by atoms with Gasteiger partial charge >= 0.3 is 5.97 Å². The zero-order valence-corrected chi connectivity index (χ0v) is 18.0. The summed E-state index contributed by atoms with van der Waals surface area (Å²) in [6, 6.07) is 11.4. The molecule has 0 unspecified atom stereocenters. The summed E-state index contributed by atoms with van der Waals surface area (Å²) >= 11 is 0. The molecule has 2 aromatic carbocycles. The maximum absolute atomic E-state index is 13.0. The van der Waals surface area contributed by atoms with Crippen molar-refractivity contribution in [3.8, 4) is 0 Å². The highest BCUT2D eigenvalue weighted by molar-refractivity contribution is 6.22. The van der Waals surface area contributed by atoms with Crippen molar-refractivity contribution >= 4 is 40.8 Å². The minimum atomic E-state index is -0.796. The molecule has 1 saturated heterocycles. The monoisotopic (exact) mass is 463 g/mol. The molecule has 3 aliphatic rings. The largest absolute Gasteiger partial charge is 0.452 e. The minimum Gasteiger partial charge on any atom is -0.452 e. The van der Waals surface area contributed by atoms with Crippen molar-refractivity contribution in [2.45, 2.75) is 19.3 Å². The fourth-order valence-electron chi connectivity index (χ4n) is 5.54. The number of non-ortho nitro benzene ring substituents is 1. The predicted octanol–water partition coefficient (Wildman–Crippen LogP) is 2.93. The smallest absolute Gasteiger partial charge is 0.338 e. The first kappa shape index (κ1) is 21.7. The molecule has 5 rings (SSSR count). The van der Waals surface area contributed by atoms with Gasteiger partial charge in [0.1, 0.15) is 0 Å². The van der Waals surface area contributed by atoms with Crippen LogP contribution in [-0.2, 0) is 19.1 Å². The van der Waals surface area contributed by atoms with Gasteiger partial charge in [-0.15, -0.1) is 0 Å². The number of nitro benzene ring substituents is 1. The molecular weight excluding hydrogens is 442 g/mol. The lowest BCUT2D eigenvalue weighted by Crippen LogP contribution is -2.32. The van der Waals surface area contributed by atoms with Gasteiger partial charge in [0.25, 0.3) is 11.6 Å². The number of esters is 1. The van der Waals surface area contributed by atoms with Gasteiger partial charge in [0.2, 0.25) is 11.8 Å². The number of ether oxygens (including phenoxy) is 1. The number of carbonyl (C=O) groups excluding carboxylic acids is 4. The van der Waals surface area contributed by atoms with E-state index in [1.54, 1.807) is 12.1 Å². The molecule has 2 aliphatic carbocycles. The van der Waals surface area contributed by atoms with E-state index in [1.165, 1.54) is 41.3 Å². The maximum Gasteiger partial charge on any atom is 0.338 e. The second kappa shape index (κ2) is 8.36. The zero-order chi connectivity index (χ0) is 24.0. The van der Waals surface area contributed by atoms with Crippen LogP contribution >= 0.6 is 0 Å². The third-order valence-corrected chi connectivity index (χ3v) is 6.94. The minimum absolute atomic E-state index is 0.0984. The number of fused-ring (bicyclic) bond motifs is 5. The Bertz CT molecular complexity index is 1200. The summed E-state index contributed by atoms with van der Waals surface area (Å²) in [6.07, 6.45) is 2.89. The lowest BCUT2D eigenvalue weighted by atomic mass is 9.81. The van der Waals surface area contributed by atoms with Crippen LogP contribution in [0.1, 0.15) is 29.6 Å². The zero-order valence-electron chi connectivity index (χ0n) is 18.0. The predicted molar refractivity (Wildman–Crippen MR) is 119 cm³/mol. The number of carbonyl (C=O) groups is 4. The Morgan fingerprint density at radius 1 is 1.03 bits per heavy atom. The highest BCUT2D eigenvalue weighted by Gasteiger charge is 2.61. The third kappa shape index (κ3) is 3.70. The first-order valence-corrected chi connectivity index (χ1v) is 11.0. The quantitative estimate of drug-likeness (QED) is 0.301. The molecule has 174 valence electrons. The Morgan fingerprint density at radius 3 is 2.38 bits per heavy atom. The molecule has 0 spiro atoms. The number of nitro groups is 1. The third-order valence-electron chi connectivity index (χ3n) is 6.94. The number of benzene rings is 2. The standard InChI is InChI=1S/C24H21N3O7/c28-19(25-16-4-2-6-18(11-16)27(32)33)12-34-24(31)15-3-1-5-17(10-15)26-22(29)20-13-7-8-14(9-13)21(20)23(26)30/h1-6,10-11,13-14,20-21H,7-9,12H2,(H,25,28)/t13-,14-,20-,21+/m0/s1. The van der Waals surface area contributed by atoms with Gasteiger partial charge in [-0.2, -0.15) is 0 Å². The van der Waals surface area contributed by atoms with Crippen molar-refractivity contribution in [2.24, 2.45) is 23.7 Å². The fourth-order valence-corrected chi connectivity index (χ4v) is 5.54. The van der Waals surface area contributed by atoms with Crippen LogP contribution in [0.2, 0.25) is 0 Å². The average Bonchev–Trinajstić information content (AvgIpc) is 3.51. The van der Waals surface area contributed by atoms with E-state index in [1.807, 2.05) is 0 Å². The van der Waals surface area contributed by atoms with Crippen molar-refractivity contribution in [1.82, 2.24) is 0 Å². The van der Waals surface area contributed by atoms with Crippen molar-refractivity contribution < 1.29 is 28.8 Å². The van der Waals surface area contributed by atoms with E-state index in [2.05, 4.69) is 5.32 Å². The van der Waals surface area contributed by atoms with Gasteiger partial charge in [-0.25, -0.2) is 4.79 Å². The molecule has 2 bridgehead atoms. The van der Waals surface area contributed by atoms with Crippen LogP contribution in [0.5, 0.6) is 0 Å². The van der Waals surface area contributed by atoms with Crippen molar-refractivity contribution in [2.75, 3.05) is 16.8 Å². The van der Waals surface area contributed by atoms with E-state index in [0.717, 1.165) is 19.3 Å². The Morgan fingerprint density at radius 2 is 1.71 bits per heavy atom. The van der Waals surface area contributed by atoms with Crippen LogP contribution < -0.4 is 10.2 Å². The van der Waals surface area contributed by atoms with Gasteiger partial charge in [0, 0.05) is 17.8 Å². The number of anilines is 2. The molecule has 0 radical (unpaired) electrons. The first-order chi connectivity index (χ1) is 16.3. The molecule has 1 aliphatic heterocycles. The number of nitrogens with one attached hydrogen (secondary N) is 1. The highest BCUT2D eigenvalue weighted by Crippen LogP contribution is 2.56. The first-order valence-electron chi connectivity index (χ1n) is 11.0. The molecule has 1 N–H and O–H groups in total. The van der Waals surface area contributed by atoms with Crippen LogP contribution in [0.4, 0.5) is 17.1 Å². The summed E-state index contributed by atoms with van der Waals surface area (Å²) in [5, 5.41) is 13.3. The fraction of sp³-hybridized carbons (Fsp3) is 0.333. The lowest BCUT2D eigenvalue weighted by molar-refractivity contribution is -0.384. The molecule has 34 heavy (non-hydrogen) atoms. The molecule has 10 heteroatoms. The van der Waals surface area contributed by atoms with Crippen LogP contribution in [0.3, 0.4) is 0 Å². The van der Waals surface area contributed by atoms with Crippen molar-refractivity contribution in [3.05, 3.63) is 64.2 Å². The van der Waals surface area contributed by atoms with Gasteiger partial charge in [-0.3, -0.25) is 29.4 Å². The normalized spacial score (nSPS) is 24.8. The highest BCUT2D eigenvalue weighted by atomic mass is 16.6. The van der Waals surface area contributed by atoms with E-state index < -0.39 is 23.4 Å². The molecule has 4 atom stereocenters. The maximum atomic E-state index is 13.0. The number of imide groups is 1. The van der Waals surface area contributed by atoms with Crippen LogP contribution in [-0.4, -0.2) is 35.2 Å². The van der Waals surface area contributed by atoms with Crippen LogP contribution in [0.25, 0.3) is 0 Å². The molecule has 10 nitrogen and oxygen atoms in total. The Kier molecular flexibility index (Phi) is 5.35. The van der Waals surface area contributed by atoms with Crippen LogP contribution in [0.15, 0.2) is 48.5 Å². The number of hydrogen-bond donors (Lipinski definition) is 1. The number of hydrogen-bond acceptors (Lipinski definition) is 7. The van der Waals surface area contributed by atoms with Gasteiger partial charge in [0.15, 0.2) is 6.61 Å². The summed E-state index contributed by atoms with van der Waals surface area (Å²) in [5.41, 5.74) is 0.429. The number of nitrogens with zero attached hydrogens (tertiary/aromatic N) is 2. The second-order valence-electron chi connectivity index (χ2n) is 8.88. The average molecular weight is 463 g/mol. The van der Waals surface area contributed by atoms with E-state index in [9.17, 15) is 29.3 Å². The molecule has 1 heterocycles. The van der Waals surface area contributed by atoms with E-state index >= 15 is 0 Å². The van der Waals surface area contributed by atoms with Crippen LogP contribution in [0, 0.1) is 33.8 Å². The Balaban J connectivity index is 1.23. The van der Waals surface area contributed by atoms with Crippen molar-refractivity contribution in [3.63, 3.8) is 0 Å². The number of rotatable bonds is 6. The molecular formula is C24H21N3O7. The molecule has 0 aromatic heterocycles. The van der Waals surface area contributed by atoms with Gasteiger partial charge in [-0.05, 0) is 55.4 Å². The molecule has 3 amide bonds. The summed E-state index contributed by atoms with van der Waals surface area (Å²) in [5.74, 6) is -1.89. The van der Waals surface area contributed by atoms with E-state index in [-0.39, 0.29) is 52.4 Å². The SMILES string of the molecule is O=C(COC(=O)c1cccc(N2C(=O)[C@@H]3[C@H]4CC[C@@H](C4)[C@@H]3C2=O)c1)Nc1cccc([N+](=O)[O-])c1. The molecule has 2 aromatic rings. The summed E-state index contributed by atoms with van der Waals surface area (Å²) in [6.45, 7) is -0.610. The van der Waals surface area contributed by atoms with E-state index in [4.69, 9.17) is 4.74 Å². The Labute approximate surface area is 194 Å². The topological polar surface area (TPSA) is 136 Å². The lowest BCUT2D eigenvalue weighted by Gasteiger charge is -2.19. The molecule has 2 saturated carbocycles. The Hall–Kier alpha value is -4.08. The van der Waals surface area contributed by atoms with Crippen molar-refractivity contribution in [1.29, 1.82) is 0 Å². The summed E-state index contributed by atoms with van der Waals surface area (Å²) in [4.78, 5) is 62.1. The number of amides is 3. The second-order valence-corrected chi connectivity index (χ2v) is 8.88. The van der Waals surface area contributed by atoms with E-state index in [0.29, 0.717) is 5.69 Å². The van der Waals surface area contributed by atoms with Gasteiger partial charge in [0.05, 0.1) is 28.0 Å². The summed E-state index contributed by atoms with van der Waals surface area (Å²) in [7, 11) is 0. The van der Waals surface area contributed by atoms with Gasteiger partial charge < -0.3 is 10.1 Å².